The van der Waals surface area contributed by atoms with E-state index in [1.807, 2.05) is 23.6 Å². The van der Waals surface area contributed by atoms with Crippen LogP contribution in [0.3, 0.4) is 0 Å². The molecule has 0 aliphatic carbocycles. The fourth-order valence-corrected chi connectivity index (χ4v) is 3.70. The summed E-state index contributed by atoms with van der Waals surface area (Å²) in [5, 5.41) is 4.43. The van der Waals surface area contributed by atoms with Crippen LogP contribution in [0.4, 0.5) is 0 Å². The minimum Gasteiger partial charge on any atom is -0.348 e. The van der Waals surface area contributed by atoms with Gasteiger partial charge in [-0.3, -0.25) is 9.48 Å². The Morgan fingerprint density at radius 1 is 1.26 bits per heavy atom. The van der Waals surface area contributed by atoms with Crippen molar-refractivity contribution in [3.8, 4) is 0 Å². The highest BCUT2D eigenvalue weighted by molar-refractivity contribution is 5.77. The molecule has 1 unspecified atom stereocenters. The standard InChI is InChI=1S/C17H27N3O3/c1-12-14(13(2)19(3)18-12)7-8-16(21)20-9-5-4-6-15(20)17-22-10-11-23-17/h15,17H,4-11H2,1-3H3. The Labute approximate surface area is 137 Å². The number of hydrogen-bond donors (Lipinski definition) is 0. The molecule has 0 aromatic carbocycles. The van der Waals surface area contributed by atoms with Crippen LogP contribution in [0, 0.1) is 13.8 Å². The quantitative estimate of drug-likeness (QED) is 0.847. The van der Waals surface area contributed by atoms with Crippen LogP contribution in [-0.4, -0.2) is 52.7 Å². The van der Waals surface area contributed by atoms with Crippen molar-refractivity contribution in [3.63, 3.8) is 0 Å². The minimum absolute atomic E-state index is 0.0786. The van der Waals surface area contributed by atoms with Crippen LogP contribution in [0.25, 0.3) is 0 Å². The minimum atomic E-state index is -0.235. The van der Waals surface area contributed by atoms with Gasteiger partial charge in [-0.15, -0.1) is 0 Å². The van der Waals surface area contributed by atoms with Gasteiger partial charge in [0.2, 0.25) is 5.91 Å². The third-order valence-electron chi connectivity index (χ3n) is 5.08. The van der Waals surface area contributed by atoms with E-state index in [-0.39, 0.29) is 18.2 Å². The maximum atomic E-state index is 12.8. The van der Waals surface area contributed by atoms with E-state index in [9.17, 15) is 4.79 Å². The van der Waals surface area contributed by atoms with Crippen LogP contribution in [0.1, 0.15) is 42.6 Å². The van der Waals surface area contributed by atoms with E-state index >= 15 is 0 Å². The van der Waals surface area contributed by atoms with Gasteiger partial charge in [0.1, 0.15) is 0 Å². The van der Waals surface area contributed by atoms with Crippen molar-refractivity contribution in [2.45, 2.75) is 58.3 Å². The molecule has 2 aliphatic heterocycles. The molecule has 1 aromatic heterocycles. The molecule has 0 spiro atoms. The van der Waals surface area contributed by atoms with E-state index in [4.69, 9.17) is 9.47 Å². The third kappa shape index (κ3) is 3.43. The van der Waals surface area contributed by atoms with Crippen molar-refractivity contribution in [2.75, 3.05) is 19.8 Å². The van der Waals surface area contributed by atoms with Gasteiger partial charge >= 0.3 is 0 Å². The first kappa shape index (κ1) is 16.5. The van der Waals surface area contributed by atoms with Crippen LogP contribution < -0.4 is 0 Å². The molecule has 2 aliphatic rings. The van der Waals surface area contributed by atoms with Gasteiger partial charge in [-0.05, 0) is 45.1 Å². The Balaban J connectivity index is 1.63. The molecular formula is C17H27N3O3. The monoisotopic (exact) mass is 321 g/mol. The lowest BCUT2D eigenvalue weighted by atomic mass is 10.00. The highest BCUT2D eigenvalue weighted by Gasteiger charge is 2.35. The van der Waals surface area contributed by atoms with E-state index in [1.54, 1.807) is 0 Å². The largest absolute Gasteiger partial charge is 0.348 e. The van der Waals surface area contributed by atoms with Gasteiger partial charge in [-0.1, -0.05) is 0 Å². The van der Waals surface area contributed by atoms with Crippen molar-refractivity contribution in [2.24, 2.45) is 7.05 Å². The lowest BCUT2D eigenvalue weighted by Gasteiger charge is -2.38. The van der Waals surface area contributed by atoms with E-state index in [0.717, 1.165) is 43.6 Å². The third-order valence-corrected chi connectivity index (χ3v) is 5.08. The van der Waals surface area contributed by atoms with E-state index in [2.05, 4.69) is 12.0 Å². The lowest BCUT2D eigenvalue weighted by Crippen LogP contribution is -2.50. The topological polar surface area (TPSA) is 56.6 Å². The normalized spacial score (nSPS) is 22.7. The Morgan fingerprint density at radius 3 is 2.65 bits per heavy atom. The molecule has 0 bridgehead atoms. The zero-order valence-electron chi connectivity index (χ0n) is 14.4. The van der Waals surface area contributed by atoms with Crippen molar-refractivity contribution in [1.29, 1.82) is 0 Å². The van der Waals surface area contributed by atoms with Gasteiger partial charge in [0.15, 0.2) is 6.29 Å². The number of hydrogen-bond acceptors (Lipinski definition) is 4. The van der Waals surface area contributed by atoms with E-state index in [1.165, 1.54) is 5.56 Å². The molecule has 2 fully saturated rings. The molecule has 2 saturated heterocycles. The van der Waals surface area contributed by atoms with Crippen LogP contribution in [0.2, 0.25) is 0 Å². The summed E-state index contributed by atoms with van der Waals surface area (Å²) in [6.07, 6.45) is 4.22. The second kappa shape index (κ2) is 7.01. The number of aryl methyl sites for hydroxylation is 2. The van der Waals surface area contributed by atoms with Gasteiger partial charge in [0, 0.05) is 25.7 Å². The van der Waals surface area contributed by atoms with Crippen molar-refractivity contribution >= 4 is 5.91 Å². The summed E-state index contributed by atoms with van der Waals surface area (Å²) in [4.78, 5) is 14.7. The number of rotatable bonds is 4. The number of nitrogens with zero attached hydrogens (tertiary/aromatic N) is 3. The molecule has 128 valence electrons. The fraction of sp³-hybridized carbons (Fsp3) is 0.765. The van der Waals surface area contributed by atoms with Crippen LogP contribution >= 0.6 is 0 Å². The summed E-state index contributed by atoms with van der Waals surface area (Å²) in [7, 11) is 1.95. The summed E-state index contributed by atoms with van der Waals surface area (Å²) >= 11 is 0. The van der Waals surface area contributed by atoms with Crippen LogP contribution in [-0.2, 0) is 27.7 Å². The SMILES string of the molecule is Cc1nn(C)c(C)c1CCC(=O)N1CCCCC1C1OCCO1. The summed E-state index contributed by atoms with van der Waals surface area (Å²) in [5.74, 6) is 0.205. The zero-order valence-corrected chi connectivity index (χ0v) is 14.4. The Kier molecular flexibility index (Phi) is 5.02. The van der Waals surface area contributed by atoms with Gasteiger partial charge in [-0.2, -0.15) is 5.10 Å². The molecule has 0 N–H and O–H groups in total. The van der Waals surface area contributed by atoms with Gasteiger partial charge in [0.05, 0.1) is 24.9 Å². The molecular weight excluding hydrogens is 294 g/mol. The second-order valence-electron chi connectivity index (χ2n) is 6.53. The zero-order chi connectivity index (χ0) is 16.4. The molecule has 1 atom stereocenters. The molecule has 1 amide bonds. The molecule has 0 radical (unpaired) electrons. The smallest absolute Gasteiger partial charge is 0.223 e. The van der Waals surface area contributed by atoms with Crippen molar-refractivity contribution in [3.05, 3.63) is 17.0 Å². The van der Waals surface area contributed by atoms with E-state index < -0.39 is 0 Å². The molecule has 3 rings (SSSR count). The molecule has 0 saturated carbocycles. The first-order chi connectivity index (χ1) is 11.1. The lowest BCUT2D eigenvalue weighted by molar-refractivity contribution is -0.150. The summed E-state index contributed by atoms with van der Waals surface area (Å²) < 4.78 is 13.2. The second-order valence-corrected chi connectivity index (χ2v) is 6.53. The molecule has 6 heteroatoms. The fourth-order valence-electron chi connectivity index (χ4n) is 3.70. The van der Waals surface area contributed by atoms with E-state index in [0.29, 0.717) is 19.6 Å². The Hall–Kier alpha value is -1.40. The average molecular weight is 321 g/mol. The Bertz CT molecular complexity index is 564. The number of piperidine rings is 1. The highest BCUT2D eigenvalue weighted by Crippen LogP contribution is 2.25. The maximum absolute atomic E-state index is 12.8. The first-order valence-corrected chi connectivity index (χ1v) is 8.59. The molecule has 1 aromatic rings. The predicted octanol–water partition coefficient (Wildman–Crippen LogP) is 1.72. The van der Waals surface area contributed by atoms with Crippen molar-refractivity contribution < 1.29 is 14.3 Å². The molecule has 3 heterocycles. The average Bonchev–Trinajstić information content (AvgIpc) is 3.15. The number of carbonyl (C=O) groups excluding carboxylic acids is 1. The van der Waals surface area contributed by atoms with Crippen LogP contribution in [0.5, 0.6) is 0 Å². The molecule has 23 heavy (non-hydrogen) atoms. The summed E-state index contributed by atoms with van der Waals surface area (Å²) in [6, 6.07) is 0.0786. The van der Waals surface area contributed by atoms with Gasteiger partial charge in [0.25, 0.3) is 0 Å². The van der Waals surface area contributed by atoms with Gasteiger partial charge in [-0.25, -0.2) is 0 Å². The van der Waals surface area contributed by atoms with Gasteiger partial charge < -0.3 is 14.4 Å². The summed E-state index contributed by atoms with van der Waals surface area (Å²) in [5.41, 5.74) is 3.37. The number of likely N-dealkylation sites (tertiary alicyclic amines) is 1. The first-order valence-electron chi connectivity index (χ1n) is 8.59. The molecule has 6 nitrogen and oxygen atoms in total. The highest BCUT2D eigenvalue weighted by atomic mass is 16.7. The number of aromatic nitrogens is 2. The summed E-state index contributed by atoms with van der Waals surface area (Å²) in [6.45, 7) is 6.16. The number of carbonyl (C=O) groups is 1. The predicted molar refractivity (Wildman–Crippen MR) is 86.0 cm³/mol. The number of amides is 1. The Morgan fingerprint density at radius 2 is 2.00 bits per heavy atom. The number of ether oxygens (including phenoxy) is 2. The maximum Gasteiger partial charge on any atom is 0.223 e. The van der Waals surface area contributed by atoms with Crippen LogP contribution in [0.15, 0.2) is 0 Å². The van der Waals surface area contributed by atoms with Crippen molar-refractivity contribution in [1.82, 2.24) is 14.7 Å².